The first kappa shape index (κ1) is 37.1. The van der Waals surface area contributed by atoms with Crippen LogP contribution in [0.3, 0.4) is 0 Å². The number of anilines is 1. The molecule has 0 saturated heterocycles. The molecule has 4 aromatic rings. The molecule has 0 bridgehead atoms. The predicted octanol–water partition coefficient (Wildman–Crippen LogP) is 9.81. The molecule has 0 N–H and O–H groups in total. The van der Waals surface area contributed by atoms with Gasteiger partial charge in [0.1, 0.15) is 25.8 Å². The largest absolute Gasteiger partial charge is 0.444 e. The van der Waals surface area contributed by atoms with Gasteiger partial charge in [0.15, 0.2) is 0 Å². The van der Waals surface area contributed by atoms with Crippen LogP contribution in [0, 0.1) is 5.41 Å². The minimum absolute atomic E-state index is 0.209. The van der Waals surface area contributed by atoms with Gasteiger partial charge in [-0.05, 0) is 67.5 Å². The van der Waals surface area contributed by atoms with Gasteiger partial charge >= 0.3 is 6.09 Å². The normalized spacial score (nSPS) is 14.6. The minimum Gasteiger partial charge on any atom is -0.444 e. The van der Waals surface area contributed by atoms with E-state index in [1.54, 1.807) is 4.90 Å². The van der Waals surface area contributed by atoms with Gasteiger partial charge in [0.05, 0.1) is 11.2 Å². The molecule has 1 aliphatic rings. The first-order chi connectivity index (χ1) is 23.1. The maximum absolute atomic E-state index is 13.3. The molecule has 2 aromatic carbocycles. The topological polar surface area (TPSA) is 70.8 Å². The molecule has 0 spiro atoms. The Bertz CT molecular complexity index is 1720. The summed E-state index contributed by atoms with van der Waals surface area (Å²) >= 11 is 0. The highest BCUT2D eigenvalue weighted by Crippen LogP contribution is 2.41. The van der Waals surface area contributed by atoms with Crippen molar-refractivity contribution in [3.63, 3.8) is 0 Å². The molecule has 0 saturated carbocycles. The molecule has 8 nitrogen and oxygen atoms in total. The van der Waals surface area contributed by atoms with Crippen molar-refractivity contribution in [1.82, 2.24) is 14.3 Å². The molecular formula is C39H58N4O4Si2. The zero-order chi connectivity index (χ0) is 35.4. The Balaban J connectivity index is 1.51. The second kappa shape index (κ2) is 15.4. The van der Waals surface area contributed by atoms with Gasteiger partial charge in [-0.3, -0.25) is 4.90 Å². The quantitative estimate of drug-likeness (QED) is 0.0911. The molecule has 0 radical (unpaired) electrons. The van der Waals surface area contributed by atoms with Crippen molar-refractivity contribution in [3.8, 4) is 11.4 Å². The molecule has 2 aromatic heterocycles. The van der Waals surface area contributed by atoms with Gasteiger partial charge in [-0.25, -0.2) is 9.48 Å². The first-order valence-corrected chi connectivity index (χ1v) is 25.4. The average Bonchev–Trinajstić information content (AvgIpc) is 3.56. The third-order valence-corrected chi connectivity index (χ3v) is 12.9. The van der Waals surface area contributed by atoms with E-state index >= 15 is 0 Å². The summed E-state index contributed by atoms with van der Waals surface area (Å²) in [7, 11) is -2.46. The molecule has 0 atom stereocenters. The fourth-order valence-electron chi connectivity index (χ4n) is 6.34. The van der Waals surface area contributed by atoms with E-state index in [9.17, 15) is 4.79 Å². The number of carbonyl (C=O) groups is 1. The Morgan fingerprint density at radius 2 is 1.59 bits per heavy atom. The summed E-state index contributed by atoms with van der Waals surface area (Å²) in [5.41, 5.74) is 7.65. The van der Waals surface area contributed by atoms with Crippen molar-refractivity contribution in [3.05, 3.63) is 71.4 Å². The van der Waals surface area contributed by atoms with Crippen molar-refractivity contribution in [1.29, 1.82) is 0 Å². The Kier molecular flexibility index (Phi) is 11.6. The van der Waals surface area contributed by atoms with Crippen LogP contribution in [0.4, 0.5) is 10.5 Å². The van der Waals surface area contributed by atoms with Crippen LogP contribution in [0.1, 0.15) is 44.0 Å². The van der Waals surface area contributed by atoms with E-state index in [0.29, 0.717) is 26.6 Å². The number of rotatable bonds is 15. The number of fused-ring (bicyclic) bond motifs is 2. The molecule has 1 amide bonds. The highest BCUT2D eigenvalue weighted by atomic mass is 28.3. The number of amides is 1. The van der Waals surface area contributed by atoms with Crippen LogP contribution in [0.15, 0.2) is 54.6 Å². The maximum Gasteiger partial charge on any atom is 0.414 e. The van der Waals surface area contributed by atoms with Crippen LogP contribution in [-0.4, -0.2) is 56.3 Å². The summed E-state index contributed by atoms with van der Waals surface area (Å²) in [6, 6.07) is 20.5. The van der Waals surface area contributed by atoms with E-state index in [1.165, 1.54) is 11.3 Å². The molecule has 266 valence electrons. The lowest BCUT2D eigenvalue weighted by Gasteiger charge is -2.30. The standard InChI is InChI=1S/C39H58N4O4Si2/c1-10-41(38(44)47-27-30-14-12-11-13-15-30)32-17-16-31-24-35(42(34(31)25-32)28-45-20-22-48(4,5)6)37-33-18-19-39(2,3)26-36(33)43(40-37)29-46-21-23-49(7,8)9/h11-17,24-25H,10,18-23,26-29H2,1-9H3. The Morgan fingerprint density at radius 1 is 0.918 bits per heavy atom. The number of hydrogen-bond donors (Lipinski definition) is 0. The lowest BCUT2D eigenvalue weighted by atomic mass is 9.76. The number of nitrogens with zero attached hydrogens (tertiary/aromatic N) is 4. The molecule has 10 heteroatoms. The van der Waals surface area contributed by atoms with E-state index in [2.05, 4.69) is 80.6 Å². The van der Waals surface area contributed by atoms with Crippen LogP contribution in [-0.2, 0) is 47.1 Å². The summed E-state index contributed by atoms with van der Waals surface area (Å²) in [4.78, 5) is 15.0. The molecule has 5 rings (SSSR count). The Labute approximate surface area is 295 Å². The highest BCUT2D eigenvalue weighted by molar-refractivity contribution is 6.76. The summed E-state index contributed by atoms with van der Waals surface area (Å²) < 4.78 is 22.8. The summed E-state index contributed by atoms with van der Waals surface area (Å²) in [5, 5.41) is 6.38. The Hall–Kier alpha value is -3.19. The zero-order valence-corrected chi connectivity index (χ0v) is 33.4. The van der Waals surface area contributed by atoms with Crippen molar-refractivity contribution >= 4 is 38.8 Å². The summed E-state index contributed by atoms with van der Waals surface area (Å²) in [5.74, 6) is 0. The smallest absolute Gasteiger partial charge is 0.414 e. The fourth-order valence-corrected chi connectivity index (χ4v) is 7.85. The van der Waals surface area contributed by atoms with Crippen LogP contribution in [0.5, 0.6) is 0 Å². The molecule has 0 unspecified atom stereocenters. The highest BCUT2D eigenvalue weighted by Gasteiger charge is 2.33. The monoisotopic (exact) mass is 702 g/mol. The number of aromatic nitrogens is 3. The fraction of sp³-hybridized carbons (Fsp3) is 0.538. The van der Waals surface area contributed by atoms with E-state index in [1.807, 2.05) is 43.3 Å². The molecular weight excluding hydrogens is 645 g/mol. The molecule has 2 heterocycles. The van der Waals surface area contributed by atoms with Gasteiger partial charge in [-0.1, -0.05) is 89.5 Å². The van der Waals surface area contributed by atoms with Crippen LogP contribution < -0.4 is 4.90 Å². The van der Waals surface area contributed by atoms with Crippen molar-refractivity contribution in [2.45, 2.75) is 111 Å². The third kappa shape index (κ3) is 9.74. The van der Waals surface area contributed by atoms with Gasteiger partial charge in [0.25, 0.3) is 0 Å². The average molecular weight is 703 g/mol. The molecule has 1 aliphatic carbocycles. The lowest BCUT2D eigenvalue weighted by Crippen LogP contribution is -2.31. The van der Waals surface area contributed by atoms with Crippen LogP contribution in [0.2, 0.25) is 51.4 Å². The van der Waals surface area contributed by atoms with E-state index in [-0.39, 0.29) is 18.1 Å². The van der Waals surface area contributed by atoms with Gasteiger partial charge < -0.3 is 18.8 Å². The molecule has 49 heavy (non-hydrogen) atoms. The van der Waals surface area contributed by atoms with Crippen LogP contribution in [0.25, 0.3) is 22.3 Å². The van der Waals surface area contributed by atoms with Crippen LogP contribution >= 0.6 is 0 Å². The zero-order valence-electron chi connectivity index (χ0n) is 31.4. The van der Waals surface area contributed by atoms with Gasteiger partial charge in [-0.15, -0.1) is 0 Å². The SMILES string of the molecule is CCN(C(=O)OCc1ccccc1)c1ccc2cc(-c3nn(COCC[Si](C)(C)C)c4c3CCC(C)(C)C4)n(COCC[Si](C)(C)C)c2c1. The van der Waals surface area contributed by atoms with Crippen molar-refractivity contribution in [2.75, 3.05) is 24.7 Å². The van der Waals surface area contributed by atoms with E-state index < -0.39 is 16.1 Å². The summed E-state index contributed by atoms with van der Waals surface area (Å²) in [6.45, 7) is 24.1. The third-order valence-electron chi connectivity index (χ3n) is 9.47. The lowest BCUT2D eigenvalue weighted by molar-refractivity contribution is 0.0747. The van der Waals surface area contributed by atoms with Gasteiger partial charge in [0.2, 0.25) is 0 Å². The molecule has 0 fully saturated rings. The number of carbonyl (C=O) groups excluding carboxylic acids is 1. The van der Waals surface area contributed by atoms with Gasteiger partial charge in [-0.2, -0.15) is 5.10 Å². The van der Waals surface area contributed by atoms with E-state index in [0.717, 1.165) is 71.5 Å². The predicted molar refractivity (Wildman–Crippen MR) is 207 cm³/mol. The second-order valence-corrected chi connectivity index (χ2v) is 28.0. The minimum atomic E-state index is -1.26. The second-order valence-electron chi connectivity index (χ2n) is 16.8. The van der Waals surface area contributed by atoms with Crippen molar-refractivity contribution in [2.24, 2.45) is 5.41 Å². The maximum atomic E-state index is 13.3. The first-order valence-electron chi connectivity index (χ1n) is 18.0. The van der Waals surface area contributed by atoms with Gasteiger partial charge in [0, 0.05) is 58.2 Å². The van der Waals surface area contributed by atoms with Crippen molar-refractivity contribution < 1.29 is 19.0 Å². The number of ether oxygens (including phenoxy) is 3. The Morgan fingerprint density at radius 3 is 2.24 bits per heavy atom. The summed E-state index contributed by atoms with van der Waals surface area (Å²) in [6.07, 6.45) is 2.70. The van der Waals surface area contributed by atoms with E-state index in [4.69, 9.17) is 19.3 Å². The number of hydrogen-bond acceptors (Lipinski definition) is 5. The number of benzene rings is 2. The molecule has 0 aliphatic heterocycles.